The maximum Gasteiger partial charge on any atom is 0.254 e. The molecular weight excluding hydrogens is 314 g/mol. The number of nitrogens with zero attached hydrogens (tertiary/aromatic N) is 7. The Morgan fingerprint density at radius 1 is 1.00 bits per heavy atom. The quantitative estimate of drug-likeness (QED) is 0.786. The Kier molecular flexibility index (Phi) is 4.85. The minimum atomic E-state index is 0.718. The number of piperazine rings is 1. The number of anilines is 1. The van der Waals surface area contributed by atoms with Crippen LogP contribution in [0.2, 0.25) is 0 Å². The van der Waals surface area contributed by atoms with E-state index in [1.54, 1.807) is 6.33 Å². The summed E-state index contributed by atoms with van der Waals surface area (Å²) >= 11 is 0. The number of rotatable bonds is 6. The van der Waals surface area contributed by atoms with Crippen molar-refractivity contribution >= 4 is 11.6 Å². The fourth-order valence-corrected chi connectivity index (χ4v) is 4.19. The van der Waals surface area contributed by atoms with Crippen molar-refractivity contribution in [3.63, 3.8) is 0 Å². The van der Waals surface area contributed by atoms with E-state index in [2.05, 4.69) is 43.6 Å². The maximum atomic E-state index is 4.57. The summed E-state index contributed by atoms with van der Waals surface area (Å²) in [6.07, 6.45) is 5.14. The Hall–Kier alpha value is -1.73. The van der Waals surface area contributed by atoms with Gasteiger partial charge < -0.3 is 14.7 Å². The molecule has 0 atom stereocenters. The van der Waals surface area contributed by atoms with Crippen LogP contribution >= 0.6 is 0 Å². The van der Waals surface area contributed by atoms with Gasteiger partial charge in [0.2, 0.25) is 0 Å². The molecule has 2 aromatic rings. The van der Waals surface area contributed by atoms with Gasteiger partial charge in [0.1, 0.15) is 12.1 Å². The van der Waals surface area contributed by atoms with Crippen molar-refractivity contribution in [2.45, 2.75) is 33.1 Å². The highest BCUT2D eigenvalue weighted by Gasteiger charge is 2.26. The minimum Gasteiger partial charge on any atom is -0.356 e. The van der Waals surface area contributed by atoms with Crippen molar-refractivity contribution < 1.29 is 0 Å². The van der Waals surface area contributed by atoms with Crippen molar-refractivity contribution in [2.75, 3.05) is 57.3 Å². The van der Waals surface area contributed by atoms with Gasteiger partial charge in [-0.3, -0.25) is 0 Å². The molecule has 0 bridgehead atoms. The summed E-state index contributed by atoms with van der Waals surface area (Å²) in [5.41, 5.74) is 2.44. The fraction of sp³-hybridized carbons (Fsp3) is 0.722. The number of hydrogen-bond donors (Lipinski definition) is 0. The van der Waals surface area contributed by atoms with Crippen LogP contribution in [0.1, 0.15) is 31.0 Å². The Balaban J connectivity index is 1.34. The third kappa shape index (κ3) is 3.35. The predicted molar refractivity (Wildman–Crippen MR) is 99.2 cm³/mol. The van der Waals surface area contributed by atoms with Gasteiger partial charge in [0.15, 0.2) is 0 Å². The zero-order chi connectivity index (χ0) is 17.2. The Bertz CT molecular complexity index is 718. The van der Waals surface area contributed by atoms with Crippen LogP contribution in [0.5, 0.6) is 0 Å². The molecule has 25 heavy (non-hydrogen) atoms. The monoisotopic (exact) mass is 343 g/mol. The van der Waals surface area contributed by atoms with Crippen LogP contribution in [0, 0.1) is 6.92 Å². The molecule has 7 heteroatoms. The topological polar surface area (TPSA) is 52.8 Å². The SMILES string of the molecule is CCCN1CCN(CCCN2CCc3c(C)nc4ncnn4c32)CC1. The molecule has 0 spiro atoms. The molecule has 1 saturated heterocycles. The highest BCUT2D eigenvalue weighted by atomic mass is 15.4. The van der Waals surface area contributed by atoms with Gasteiger partial charge in [-0.2, -0.15) is 14.6 Å². The number of fused-ring (bicyclic) bond motifs is 3. The molecule has 0 amide bonds. The lowest BCUT2D eigenvalue weighted by Crippen LogP contribution is -2.47. The van der Waals surface area contributed by atoms with Crippen LogP contribution in [0.15, 0.2) is 6.33 Å². The summed E-state index contributed by atoms with van der Waals surface area (Å²) in [4.78, 5) is 16.5. The van der Waals surface area contributed by atoms with Crippen LogP contribution in [-0.4, -0.2) is 81.7 Å². The molecule has 0 aliphatic carbocycles. The van der Waals surface area contributed by atoms with Crippen molar-refractivity contribution in [1.29, 1.82) is 0 Å². The van der Waals surface area contributed by atoms with Crippen LogP contribution in [-0.2, 0) is 6.42 Å². The second-order valence-electron chi connectivity index (χ2n) is 7.25. The number of hydrogen-bond acceptors (Lipinski definition) is 6. The van der Waals surface area contributed by atoms with Crippen molar-refractivity contribution in [3.8, 4) is 0 Å². The standard InChI is InChI=1S/C18H29N7/c1-3-6-22-10-12-23(13-11-22)7-4-8-24-9-5-16-15(2)21-18-19-14-20-25(18)17(16)24/h14H,3-13H2,1-2H3. The van der Waals surface area contributed by atoms with Gasteiger partial charge in [-0.1, -0.05) is 6.92 Å². The van der Waals surface area contributed by atoms with Gasteiger partial charge in [-0.05, 0) is 39.3 Å². The highest BCUT2D eigenvalue weighted by molar-refractivity contribution is 5.58. The molecule has 2 aromatic heterocycles. The average Bonchev–Trinajstić information content (AvgIpc) is 3.23. The third-order valence-electron chi connectivity index (χ3n) is 5.54. The molecule has 2 aliphatic heterocycles. The van der Waals surface area contributed by atoms with Gasteiger partial charge in [0, 0.05) is 50.5 Å². The summed E-state index contributed by atoms with van der Waals surface area (Å²) in [5, 5.41) is 4.39. The predicted octanol–water partition coefficient (Wildman–Crippen LogP) is 1.21. The van der Waals surface area contributed by atoms with Crippen molar-refractivity contribution in [2.24, 2.45) is 0 Å². The van der Waals surface area contributed by atoms with E-state index >= 15 is 0 Å². The minimum absolute atomic E-state index is 0.718. The lowest BCUT2D eigenvalue weighted by atomic mass is 10.2. The first-order chi connectivity index (χ1) is 12.3. The van der Waals surface area contributed by atoms with Crippen LogP contribution in [0.25, 0.3) is 5.78 Å². The second kappa shape index (κ2) is 7.25. The Morgan fingerprint density at radius 3 is 2.52 bits per heavy atom. The molecule has 136 valence electrons. The zero-order valence-electron chi connectivity index (χ0n) is 15.5. The summed E-state index contributed by atoms with van der Waals surface area (Å²) < 4.78 is 1.92. The van der Waals surface area contributed by atoms with Crippen LogP contribution in [0.4, 0.5) is 5.82 Å². The first kappa shape index (κ1) is 16.7. The van der Waals surface area contributed by atoms with E-state index in [0.717, 1.165) is 31.0 Å². The van der Waals surface area contributed by atoms with Crippen LogP contribution in [0.3, 0.4) is 0 Å². The smallest absolute Gasteiger partial charge is 0.254 e. The summed E-state index contributed by atoms with van der Waals surface area (Å²) in [5.74, 6) is 1.93. The molecule has 2 aliphatic rings. The molecule has 1 fully saturated rings. The molecule has 0 saturated carbocycles. The summed E-state index contributed by atoms with van der Waals surface area (Å²) in [6.45, 7) is 13.8. The van der Waals surface area contributed by atoms with Gasteiger partial charge in [-0.25, -0.2) is 4.98 Å². The highest BCUT2D eigenvalue weighted by Crippen LogP contribution is 2.29. The Morgan fingerprint density at radius 2 is 1.76 bits per heavy atom. The number of aryl methyl sites for hydroxylation is 1. The van der Waals surface area contributed by atoms with Crippen molar-refractivity contribution in [3.05, 3.63) is 17.6 Å². The van der Waals surface area contributed by atoms with Gasteiger partial charge >= 0.3 is 0 Å². The first-order valence-corrected chi connectivity index (χ1v) is 9.65. The molecule has 7 nitrogen and oxygen atoms in total. The van der Waals surface area contributed by atoms with E-state index < -0.39 is 0 Å². The van der Waals surface area contributed by atoms with Gasteiger partial charge in [-0.15, -0.1) is 0 Å². The van der Waals surface area contributed by atoms with E-state index in [1.165, 1.54) is 63.5 Å². The molecule has 0 aromatic carbocycles. The molecule has 0 unspecified atom stereocenters. The molecule has 0 N–H and O–H groups in total. The largest absolute Gasteiger partial charge is 0.356 e. The molecular formula is C18H29N7. The van der Waals surface area contributed by atoms with E-state index in [-0.39, 0.29) is 0 Å². The van der Waals surface area contributed by atoms with E-state index in [9.17, 15) is 0 Å². The lowest BCUT2D eigenvalue weighted by Gasteiger charge is -2.34. The average molecular weight is 343 g/mol. The Labute approximate surface area is 149 Å². The third-order valence-corrected chi connectivity index (χ3v) is 5.54. The second-order valence-corrected chi connectivity index (χ2v) is 7.25. The van der Waals surface area contributed by atoms with Gasteiger partial charge in [0.05, 0.1) is 0 Å². The summed E-state index contributed by atoms with van der Waals surface area (Å²) in [6, 6.07) is 0. The van der Waals surface area contributed by atoms with Gasteiger partial charge in [0.25, 0.3) is 5.78 Å². The maximum absolute atomic E-state index is 4.57. The molecule has 0 radical (unpaired) electrons. The fourth-order valence-electron chi connectivity index (χ4n) is 4.19. The van der Waals surface area contributed by atoms with Crippen molar-refractivity contribution in [1.82, 2.24) is 29.4 Å². The number of aromatic nitrogens is 4. The van der Waals surface area contributed by atoms with E-state index in [4.69, 9.17) is 0 Å². The van der Waals surface area contributed by atoms with E-state index in [0.29, 0.717) is 0 Å². The zero-order valence-corrected chi connectivity index (χ0v) is 15.5. The van der Waals surface area contributed by atoms with E-state index in [1.807, 2.05) is 4.52 Å². The molecule has 4 rings (SSSR count). The first-order valence-electron chi connectivity index (χ1n) is 9.65. The van der Waals surface area contributed by atoms with Crippen LogP contribution < -0.4 is 4.90 Å². The lowest BCUT2D eigenvalue weighted by molar-refractivity contribution is 0.132. The molecule has 4 heterocycles. The normalized spacial score (nSPS) is 19.0. The summed E-state index contributed by atoms with van der Waals surface area (Å²) in [7, 11) is 0.